The van der Waals surface area contributed by atoms with E-state index in [1.165, 1.54) is 0 Å². The molecule has 0 radical (unpaired) electrons. The summed E-state index contributed by atoms with van der Waals surface area (Å²) in [4.78, 5) is 21.2. The minimum absolute atomic E-state index is 0.451. The molecule has 1 atom stereocenters. The molecule has 0 aliphatic heterocycles. The lowest BCUT2D eigenvalue weighted by Crippen LogP contribution is -2.14. The monoisotopic (exact) mass is 857 g/mol. The van der Waals surface area contributed by atoms with Gasteiger partial charge in [0.15, 0.2) is 17.2 Å². The molecule has 3 heterocycles. The van der Waals surface area contributed by atoms with Crippen LogP contribution in [0.25, 0.3) is 112 Å². The van der Waals surface area contributed by atoms with Crippen molar-refractivity contribution in [3.05, 3.63) is 242 Å². The number of para-hydroxylation sites is 2. The topological polar surface area (TPSA) is 69.6 Å². The average molecular weight is 858 g/mol. The Morgan fingerprint density at radius 2 is 0.955 bits per heavy atom. The summed E-state index contributed by atoms with van der Waals surface area (Å²) in [5.74, 6) is 1.79. The Morgan fingerprint density at radius 1 is 0.403 bits per heavy atom. The summed E-state index contributed by atoms with van der Waals surface area (Å²) in [6.07, 6.45) is 0. The largest absolute Gasteiger partial charge is 0.439 e. The van der Waals surface area contributed by atoms with Gasteiger partial charge in [-0.1, -0.05) is 207 Å². The molecule has 1 aliphatic carbocycles. The van der Waals surface area contributed by atoms with E-state index in [2.05, 4.69) is 174 Å². The van der Waals surface area contributed by atoms with Crippen molar-refractivity contribution >= 4 is 38.5 Å². The van der Waals surface area contributed by atoms with Gasteiger partial charge in [0.05, 0.1) is 17.0 Å². The van der Waals surface area contributed by atoms with Crippen molar-refractivity contribution in [2.75, 3.05) is 0 Å². The summed E-state index contributed by atoms with van der Waals surface area (Å²) in [7, 11) is 0. The van der Waals surface area contributed by atoms with Crippen LogP contribution < -0.4 is 0 Å². The quantitative estimate of drug-likeness (QED) is 0.160. The van der Waals surface area contributed by atoms with E-state index in [-0.39, 0.29) is 0 Å². The van der Waals surface area contributed by atoms with E-state index >= 15 is 0 Å². The molecule has 67 heavy (non-hydrogen) atoms. The number of hydrogen-bond donors (Lipinski definition) is 0. The first-order valence-electron chi connectivity index (χ1n) is 22.5. The lowest BCUT2D eigenvalue weighted by atomic mass is 9.75. The maximum Gasteiger partial charge on any atom is 0.238 e. The fourth-order valence-electron chi connectivity index (χ4n) is 9.98. The van der Waals surface area contributed by atoms with Gasteiger partial charge in [-0.05, 0) is 68.3 Å². The minimum Gasteiger partial charge on any atom is -0.439 e. The standard InChI is InChI=1S/C61H39N5O/c1-38-46-25-11-12-26-48(46)50-35-36-51-49-27-13-14-30-53(49)66(61-64-58(42-21-9-4-10-22-42)63-59(65-61)43-33-31-41(32-34-43)39-17-5-2-6-18-39)56(51)55(50)54(38)60-62-52-29-16-28-47(57(52)67-60)45-24-15-23-44(37-45)40-19-7-3-8-20-40/h2-37,54H,1H2. The Balaban J connectivity index is 1.05. The highest BCUT2D eigenvalue weighted by Gasteiger charge is 2.36. The number of nitrogens with zero attached hydrogens (tertiary/aromatic N) is 5. The first-order chi connectivity index (χ1) is 33.1. The number of hydrogen-bond acceptors (Lipinski definition) is 5. The van der Waals surface area contributed by atoms with Gasteiger partial charge >= 0.3 is 0 Å². The molecule has 0 saturated carbocycles. The van der Waals surface area contributed by atoms with Crippen molar-refractivity contribution in [3.63, 3.8) is 0 Å². The van der Waals surface area contributed by atoms with Gasteiger partial charge in [-0.15, -0.1) is 0 Å². The van der Waals surface area contributed by atoms with Crippen LogP contribution in [0.4, 0.5) is 0 Å². The van der Waals surface area contributed by atoms with Crippen LogP contribution in [0, 0.1) is 0 Å². The number of aromatic nitrogens is 5. The highest BCUT2D eigenvalue weighted by atomic mass is 16.3. The first kappa shape index (κ1) is 38.5. The van der Waals surface area contributed by atoms with Crippen LogP contribution >= 0.6 is 0 Å². The Kier molecular flexibility index (Phi) is 8.96. The van der Waals surface area contributed by atoms with Gasteiger partial charge in [-0.3, -0.25) is 4.57 Å². The zero-order chi connectivity index (χ0) is 44.4. The fourth-order valence-corrected chi connectivity index (χ4v) is 9.98. The third-order valence-corrected chi connectivity index (χ3v) is 13.1. The van der Waals surface area contributed by atoms with Crippen LogP contribution in [0.2, 0.25) is 0 Å². The Labute approximate surface area is 386 Å². The molecule has 0 N–H and O–H groups in total. The second-order valence-electron chi connectivity index (χ2n) is 17.0. The average Bonchev–Trinajstić information content (AvgIpc) is 3.99. The summed E-state index contributed by atoms with van der Waals surface area (Å²) in [6.45, 7) is 4.86. The van der Waals surface area contributed by atoms with Gasteiger partial charge in [0.2, 0.25) is 11.8 Å². The Bertz CT molecular complexity index is 3870. The Hall–Kier alpha value is -9.00. The molecule has 0 bridgehead atoms. The van der Waals surface area contributed by atoms with Crippen LogP contribution in [0.15, 0.2) is 229 Å². The van der Waals surface area contributed by atoms with E-state index in [1.54, 1.807) is 0 Å². The van der Waals surface area contributed by atoms with Crippen LogP contribution in [-0.4, -0.2) is 24.5 Å². The molecule has 9 aromatic carbocycles. The molecule has 1 unspecified atom stereocenters. The number of allylic oxidation sites excluding steroid dienone is 1. The predicted molar refractivity (Wildman–Crippen MR) is 272 cm³/mol. The third kappa shape index (κ3) is 6.41. The number of fused-ring (bicyclic) bond motifs is 8. The van der Waals surface area contributed by atoms with Crippen molar-refractivity contribution in [1.82, 2.24) is 24.5 Å². The van der Waals surface area contributed by atoms with E-state index in [4.69, 9.17) is 30.9 Å². The molecule has 13 rings (SSSR count). The number of benzene rings is 9. The van der Waals surface area contributed by atoms with Crippen LogP contribution in [-0.2, 0) is 0 Å². The van der Waals surface area contributed by atoms with E-state index in [0.29, 0.717) is 23.5 Å². The van der Waals surface area contributed by atoms with Gasteiger partial charge in [-0.25, -0.2) is 9.97 Å². The first-order valence-corrected chi connectivity index (χ1v) is 22.5. The maximum atomic E-state index is 7.12. The second-order valence-corrected chi connectivity index (χ2v) is 17.0. The minimum atomic E-state index is -0.451. The summed E-state index contributed by atoms with van der Waals surface area (Å²) in [5, 5.41) is 2.15. The zero-order valence-electron chi connectivity index (χ0n) is 36.2. The fraction of sp³-hybridized carbons (Fsp3) is 0.0164. The summed E-state index contributed by atoms with van der Waals surface area (Å²) < 4.78 is 9.34. The SMILES string of the molecule is C=C1c2ccccc2-c2ccc3c4ccccc4n(-c4nc(-c5ccccc5)nc(-c5ccc(-c6ccccc6)cc5)n4)c3c2C1c1nc2cccc(-c3cccc(-c4ccccc4)c3)c2o1. The van der Waals surface area contributed by atoms with Gasteiger partial charge in [-0.2, -0.15) is 9.97 Å². The van der Waals surface area contributed by atoms with E-state index in [9.17, 15) is 0 Å². The van der Waals surface area contributed by atoms with Gasteiger partial charge < -0.3 is 4.42 Å². The third-order valence-electron chi connectivity index (χ3n) is 13.1. The molecule has 314 valence electrons. The van der Waals surface area contributed by atoms with E-state index in [0.717, 1.165) is 105 Å². The number of rotatable bonds is 7. The summed E-state index contributed by atoms with van der Waals surface area (Å²) >= 11 is 0. The molecular weight excluding hydrogens is 819 g/mol. The molecule has 0 saturated heterocycles. The van der Waals surface area contributed by atoms with Crippen LogP contribution in [0.5, 0.6) is 0 Å². The van der Waals surface area contributed by atoms with Crippen LogP contribution in [0.3, 0.4) is 0 Å². The number of oxazole rings is 1. The molecule has 6 nitrogen and oxygen atoms in total. The molecule has 3 aromatic heterocycles. The lowest BCUT2D eigenvalue weighted by molar-refractivity contribution is 0.530. The molecule has 0 fully saturated rings. The molecule has 1 aliphatic rings. The molecular formula is C61H39N5O. The highest BCUT2D eigenvalue weighted by molar-refractivity contribution is 6.13. The summed E-state index contributed by atoms with van der Waals surface area (Å²) in [5.41, 5.74) is 17.0. The van der Waals surface area contributed by atoms with Crippen molar-refractivity contribution in [1.29, 1.82) is 0 Å². The van der Waals surface area contributed by atoms with Crippen molar-refractivity contribution < 1.29 is 4.42 Å². The summed E-state index contributed by atoms with van der Waals surface area (Å²) in [6, 6.07) is 75.8. The smallest absolute Gasteiger partial charge is 0.238 e. The van der Waals surface area contributed by atoms with Crippen molar-refractivity contribution in [2.45, 2.75) is 5.92 Å². The van der Waals surface area contributed by atoms with Gasteiger partial charge in [0.1, 0.15) is 5.52 Å². The second kappa shape index (κ2) is 15.6. The van der Waals surface area contributed by atoms with Crippen molar-refractivity contribution in [2.24, 2.45) is 0 Å². The van der Waals surface area contributed by atoms with Gasteiger partial charge in [0.25, 0.3) is 0 Å². The predicted octanol–water partition coefficient (Wildman–Crippen LogP) is 15.3. The molecule has 0 amide bonds. The van der Waals surface area contributed by atoms with Crippen molar-refractivity contribution in [3.8, 4) is 73.2 Å². The lowest BCUT2D eigenvalue weighted by Gasteiger charge is -2.29. The molecule has 0 spiro atoms. The zero-order valence-corrected chi connectivity index (χ0v) is 36.2. The Morgan fingerprint density at radius 3 is 1.70 bits per heavy atom. The van der Waals surface area contributed by atoms with Crippen LogP contribution in [0.1, 0.15) is 22.9 Å². The normalized spacial score (nSPS) is 13.3. The van der Waals surface area contributed by atoms with E-state index < -0.39 is 5.92 Å². The molecule has 12 aromatic rings. The van der Waals surface area contributed by atoms with E-state index in [1.807, 2.05) is 48.5 Å². The maximum absolute atomic E-state index is 7.12. The highest BCUT2D eigenvalue weighted by Crippen LogP contribution is 2.53. The molecule has 6 heteroatoms. The van der Waals surface area contributed by atoms with Gasteiger partial charge in [0, 0.05) is 33.0 Å².